The number of aryl methyl sites for hydroxylation is 1. The summed E-state index contributed by atoms with van der Waals surface area (Å²) in [5.74, 6) is -0.450. The van der Waals surface area contributed by atoms with Crippen LogP contribution >= 0.6 is 15.9 Å². The smallest absolute Gasteiger partial charge is 0.307 e. The molecule has 1 aromatic rings. The largest absolute Gasteiger partial charge is 0.466 e. The van der Waals surface area contributed by atoms with Crippen molar-refractivity contribution in [2.24, 2.45) is 0 Å². The highest BCUT2D eigenvalue weighted by Gasteiger charge is 2.16. The first kappa shape index (κ1) is 15.6. The predicted molar refractivity (Wildman–Crippen MR) is 74.9 cm³/mol. The lowest BCUT2D eigenvalue weighted by molar-refractivity contribution is -0.143. The molecule has 0 aromatic carbocycles. The van der Waals surface area contributed by atoms with Crippen molar-refractivity contribution in [2.75, 3.05) is 20.2 Å². The second-order valence-corrected chi connectivity index (χ2v) is 4.94. The van der Waals surface area contributed by atoms with Crippen LogP contribution in [-0.2, 0) is 9.53 Å². The zero-order chi connectivity index (χ0) is 14.4. The number of amides is 1. The molecule has 5 nitrogen and oxygen atoms in total. The number of aromatic nitrogens is 1. The van der Waals surface area contributed by atoms with Crippen molar-refractivity contribution >= 4 is 27.8 Å². The molecule has 1 rings (SSSR count). The van der Waals surface area contributed by atoms with Gasteiger partial charge in [0.2, 0.25) is 0 Å². The van der Waals surface area contributed by atoms with E-state index in [2.05, 4.69) is 20.9 Å². The van der Waals surface area contributed by atoms with Gasteiger partial charge in [0.05, 0.1) is 18.6 Å². The number of ether oxygens (including phenoxy) is 1. The summed E-state index contributed by atoms with van der Waals surface area (Å²) in [7, 11) is 1.66. The highest BCUT2D eigenvalue weighted by atomic mass is 79.9. The molecule has 1 aromatic heterocycles. The molecule has 0 radical (unpaired) electrons. The Balaban J connectivity index is 2.66. The van der Waals surface area contributed by atoms with Gasteiger partial charge in [-0.15, -0.1) is 0 Å². The van der Waals surface area contributed by atoms with E-state index in [1.807, 2.05) is 6.92 Å². The lowest BCUT2D eigenvalue weighted by atomic mass is 10.2. The van der Waals surface area contributed by atoms with Crippen molar-refractivity contribution in [2.45, 2.75) is 20.3 Å². The van der Waals surface area contributed by atoms with Gasteiger partial charge in [-0.2, -0.15) is 0 Å². The number of pyridine rings is 1. The fourth-order valence-corrected chi connectivity index (χ4v) is 1.89. The molecular formula is C13H17BrN2O3. The monoisotopic (exact) mass is 328 g/mol. The quantitative estimate of drug-likeness (QED) is 0.777. The van der Waals surface area contributed by atoms with Gasteiger partial charge in [-0.25, -0.2) is 0 Å². The molecule has 0 aliphatic carbocycles. The van der Waals surface area contributed by atoms with Gasteiger partial charge in [0, 0.05) is 30.0 Å². The Hall–Kier alpha value is -1.43. The molecule has 6 heteroatoms. The minimum Gasteiger partial charge on any atom is -0.466 e. The molecule has 1 heterocycles. The first-order valence-corrected chi connectivity index (χ1v) is 6.78. The molecule has 0 fully saturated rings. The van der Waals surface area contributed by atoms with E-state index < -0.39 is 0 Å². The van der Waals surface area contributed by atoms with Crippen molar-refractivity contribution in [3.05, 3.63) is 28.0 Å². The van der Waals surface area contributed by atoms with Crippen LogP contribution in [0.15, 0.2) is 16.7 Å². The summed E-state index contributed by atoms with van der Waals surface area (Å²) in [5, 5.41) is 0. The summed E-state index contributed by atoms with van der Waals surface area (Å²) in [5.41, 5.74) is 1.31. The van der Waals surface area contributed by atoms with Gasteiger partial charge >= 0.3 is 5.97 Å². The molecule has 0 N–H and O–H groups in total. The van der Waals surface area contributed by atoms with E-state index in [1.165, 1.54) is 4.90 Å². The third-order valence-electron chi connectivity index (χ3n) is 2.53. The maximum atomic E-state index is 12.2. The van der Waals surface area contributed by atoms with E-state index in [-0.39, 0.29) is 18.3 Å². The second kappa shape index (κ2) is 7.23. The van der Waals surface area contributed by atoms with E-state index in [4.69, 9.17) is 4.74 Å². The van der Waals surface area contributed by atoms with Crippen molar-refractivity contribution in [3.63, 3.8) is 0 Å². The molecule has 0 unspecified atom stereocenters. The van der Waals surface area contributed by atoms with Crippen LogP contribution in [0.2, 0.25) is 0 Å². The van der Waals surface area contributed by atoms with Crippen molar-refractivity contribution in [3.8, 4) is 0 Å². The van der Waals surface area contributed by atoms with Gasteiger partial charge in [0.1, 0.15) is 0 Å². The van der Waals surface area contributed by atoms with Crippen LogP contribution in [0.1, 0.15) is 29.4 Å². The van der Waals surface area contributed by atoms with E-state index in [0.29, 0.717) is 23.2 Å². The van der Waals surface area contributed by atoms with Gasteiger partial charge in [0.25, 0.3) is 5.91 Å². The molecule has 0 spiro atoms. The van der Waals surface area contributed by atoms with Crippen molar-refractivity contribution < 1.29 is 14.3 Å². The normalized spacial score (nSPS) is 10.1. The Morgan fingerprint density at radius 3 is 2.79 bits per heavy atom. The van der Waals surface area contributed by atoms with Crippen LogP contribution < -0.4 is 0 Å². The number of halogens is 1. The fourth-order valence-electron chi connectivity index (χ4n) is 1.51. The highest BCUT2D eigenvalue weighted by Crippen LogP contribution is 2.17. The van der Waals surface area contributed by atoms with Crippen LogP contribution in [0.5, 0.6) is 0 Å². The lowest BCUT2D eigenvalue weighted by Gasteiger charge is -2.17. The van der Waals surface area contributed by atoms with Crippen LogP contribution in [0.25, 0.3) is 0 Å². The SMILES string of the molecule is CCOC(=O)CCN(C)C(=O)c1cc(C)ncc1Br. The number of hydrogen-bond donors (Lipinski definition) is 0. The molecule has 0 saturated heterocycles. The number of nitrogens with zero attached hydrogens (tertiary/aromatic N) is 2. The molecule has 0 atom stereocenters. The Bertz CT molecular complexity index is 477. The van der Waals surface area contributed by atoms with E-state index in [9.17, 15) is 9.59 Å². The van der Waals surface area contributed by atoms with E-state index in [0.717, 1.165) is 5.69 Å². The number of esters is 1. The Labute approximate surface area is 121 Å². The third kappa shape index (κ3) is 4.63. The van der Waals surface area contributed by atoms with Gasteiger partial charge < -0.3 is 9.64 Å². The number of carbonyl (C=O) groups is 2. The Kier molecular flexibility index (Phi) is 5.95. The first-order chi connectivity index (χ1) is 8.95. The van der Waals surface area contributed by atoms with E-state index in [1.54, 1.807) is 26.2 Å². The second-order valence-electron chi connectivity index (χ2n) is 4.09. The minimum atomic E-state index is -0.299. The summed E-state index contributed by atoms with van der Waals surface area (Å²) in [6, 6.07) is 1.72. The summed E-state index contributed by atoms with van der Waals surface area (Å²) in [6.45, 7) is 4.25. The number of hydrogen-bond acceptors (Lipinski definition) is 4. The number of rotatable bonds is 5. The fraction of sp³-hybridized carbons (Fsp3) is 0.462. The van der Waals surface area contributed by atoms with E-state index >= 15 is 0 Å². The third-order valence-corrected chi connectivity index (χ3v) is 3.16. The predicted octanol–water partition coefficient (Wildman–Crippen LogP) is 2.18. The standard InChI is InChI=1S/C13H17BrN2O3/c1-4-19-12(17)5-6-16(3)13(18)10-7-9(2)15-8-11(10)14/h7-8H,4-6H2,1-3H3. The highest BCUT2D eigenvalue weighted by molar-refractivity contribution is 9.10. The van der Waals surface area contributed by atoms with Gasteiger partial charge in [-0.05, 0) is 35.8 Å². The van der Waals surface area contributed by atoms with Crippen LogP contribution in [0.3, 0.4) is 0 Å². The molecule has 0 bridgehead atoms. The molecule has 1 amide bonds. The molecule has 0 saturated carbocycles. The molecule has 0 aliphatic heterocycles. The van der Waals surface area contributed by atoms with Gasteiger partial charge in [-0.3, -0.25) is 14.6 Å². The van der Waals surface area contributed by atoms with Gasteiger partial charge in [0.15, 0.2) is 0 Å². The summed E-state index contributed by atoms with van der Waals surface area (Å²) < 4.78 is 5.47. The average Bonchev–Trinajstić information content (AvgIpc) is 2.38. The maximum absolute atomic E-state index is 12.2. The minimum absolute atomic E-state index is 0.151. The number of carbonyl (C=O) groups excluding carboxylic acids is 2. The van der Waals surface area contributed by atoms with Gasteiger partial charge in [-0.1, -0.05) is 0 Å². The Morgan fingerprint density at radius 1 is 1.47 bits per heavy atom. The first-order valence-electron chi connectivity index (χ1n) is 5.99. The zero-order valence-corrected chi connectivity index (χ0v) is 12.9. The average molecular weight is 329 g/mol. The summed E-state index contributed by atoms with van der Waals surface area (Å²) in [6.07, 6.45) is 1.79. The topological polar surface area (TPSA) is 59.5 Å². The summed E-state index contributed by atoms with van der Waals surface area (Å²) >= 11 is 3.30. The van der Waals surface area contributed by atoms with Crippen LogP contribution in [0, 0.1) is 6.92 Å². The Morgan fingerprint density at radius 2 is 2.16 bits per heavy atom. The van der Waals surface area contributed by atoms with Crippen molar-refractivity contribution in [1.82, 2.24) is 9.88 Å². The van der Waals surface area contributed by atoms with Crippen LogP contribution in [0.4, 0.5) is 0 Å². The maximum Gasteiger partial charge on any atom is 0.307 e. The molecule has 0 aliphatic rings. The molecule has 19 heavy (non-hydrogen) atoms. The summed E-state index contributed by atoms with van der Waals surface area (Å²) in [4.78, 5) is 29.0. The van der Waals surface area contributed by atoms with Crippen molar-refractivity contribution in [1.29, 1.82) is 0 Å². The zero-order valence-electron chi connectivity index (χ0n) is 11.3. The van der Waals surface area contributed by atoms with Crippen LogP contribution in [-0.4, -0.2) is 42.0 Å². The molecule has 104 valence electrons. The molecular weight excluding hydrogens is 312 g/mol. The lowest BCUT2D eigenvalue weighted by Crippen LogP contribution is -2.29.